The van der Waals surface area contributed by atoms with Gasteiger partial charge in [0, 0.05) is 61.3 Å². The van der Waals surface area contributed by atoms with Crippen LogP contribution in [0.5, 0.6) is 5.75 Å². The zero-order valence-electron chi connectivity index (χ0n) is 21.1. The molecule has 6 nitrogen and oxygen atoms in total. The summed E-state index contributed by atoms with van der Waals surface area (Å²) in [6.07, 6.45) is 3.46. The lowest BCUT2D eigenvalue weighted by molar-refractivity contribution is -0.135. The van der Waals surface area contributed by atoms with Crippen LogP contribution < -0.4 is 4.74 Å². The van der Waals surface area contributed by atoms with Crippen LogP contribution >= 0.6 is 0 Å². The Labute approximate surface area is 210 Å². The number of methoxy groups -OCH3 is 1. The van der Waals surface area contributed by atoms with Crippen LogP contribution in [0.1, 0.15) is 25.0 Å². The summed E-state index contributed by atoms with van der Waals surface area (Å²) in [6, 6.07) is 16.7. The second-order valence-electron chi connectivity index (χ2n) is 9.33. The topological polar surface area (TPSA) is 63.0 Å². The van der Waals surface area contributed by atoms with Crippen LogP contribution in [-0.2, 0) is 9.59 Å². The predicted octanol–water partition coefficient (Wildman–Crippen LogP) is 5.66. The molecule has 1 saturated heterocycles. The molecule has 1 fully saturated rings. The number of amides is 2. The first-order chi connectivity index (χ1) is 17.4. The van der Waals surface area contributed by atoms with Crippen LogP contribution in [0.4, 0.5) is 0 Å². The highest BCUT2D eigenvalue weighted by molar-refractivity contribution is 6.02. The molecule has 0 spiro atoms. The first-order valence-electron chi connectivity index (χ1n) is 12.2. The minimum Gasteiger partial charge on any atom is -0.496 e. The smallest absolute Gasteiger partial charge is 0.246 e. The van der Waals surface area contributed by atoms with Crippen LogP contribution in [0.2, 0.25) is 0 Å². The van der Waals surface area contributed by atoms with Crippen LogP contribution in [0.15, 0.2) is 65.3 Å². The zero-order chi connectivity index (χ0) is 25.4. The number of nitrogens with zero attached hydrogens (tertiary/aromatic N) is 2. The van der Waals surface area contributed by atoms with Crippen molar-refractivity contribution in [3.8, 4) is 16.9 Å². The molecule has 0 N–H and O–H groups in total. The number of benzene rings is 3. The average Bonchev–Trinajstić information content (AvgIpc) is 3.32. The van der Waals surface area contributed by atoms with E-state index in [0.717, 1.165) is 38.8 Å². The number of aryl methyl sites for hydroxylation is 1. The molecule has 36 heavy (non-hydrogen) atoms. The van der Waals surface area contributed by atoms with E-state index in [1.54, 1.807) is 36.2 Å². The molecule has 6 heteroatoms. The number of ether oxygens (including phenoxy) is 1. The van der Waals surface area contributed by atoms with Crippen molar-refractivity contribution in [2.75, 3.05) is 33.3 Å². The second-order valence-corrected chi connectivity index (χ2v) is 9.33. The number of piperazine rings is 1. The maximum atomic E-state index is 13.1. The molecule has 0 aliphatic carbocycles. The van der Waals surface area contributed by atoms with Crippen LogP contribution in [0, 0.1) is 6.92 Å². The van der Waals surface area contributed by atoms with Crippen LogP contribution in [-0.4, -0.2) is 54.9 Å². The van der Waals surface area contributed by atoms with E-state index in [1.807, 2.05) is 26.0 Å². The van der Waals surface area contributed by atoms with Crippen molar-refractivity contribution in [1.82, 2.24) is 9.80 Å². The van der Waals surface area contributed by atoms with Gasteiger partial charge in [0.05, 0.1) is 13.4 Å². The van der Waals surface area contributed by atoms with Crippen molar-refractivity contribution >= 4 is 39.1 Å². The van der Waals surface area contributed by atoms with Gasteiger partial charge in [-0.05, 0) is 47.9 Å². The Morgan fingerprint density at radius 3 is 2.33 bits per heavy atom. The normalized spacial score (nSPS) is 14.5. The van der Waals surface area contributed by atoms with E-state index in [9.17, 15) is 9.59 Å². The Hall–Kier alpha value is -4.06. The Morgan fingerprint density at radius 2 is 1.64 bits per heavy atom. The third kappa shape index (κ3) is 4.24. The molecule has 184 valence electrons. The molecule has 1 aliphatic heterocycles. The summed E-state index contributed by atoms with van der Waals surface area (Å²) < 4.78 is 11.8. The maximum Gasteiger partial charge on any atom is 0.246 e. The Kier molecular flexibility index (Phi) is 6.27. The average molecular weight is 483 g/mol. The third-order valence-corrected chi connectivity index (χ3v) is 7.11. The summed E-state index contributed by atoms with van der Waals surface area (Å²) in [5.41, 5.74) is 5.43. The van der Waals surface area contributed by atoms with Crippen molar-refractivity contribution in [2.24, 2.45) is 0 Å². The number of carbonyl (C=O) groups is 2. The number of carbonyl (C=O) groups excluding carboxylic acids is 2. The quantitative estimate of drug-likeness (QED) is 0.352. The number of fused-ring (bicyclic) bond motifs is 2. The number of rotatable bonds is 4. The molecule has 1 aromatic heterocycles. The highest BCUT2D eigenvalue weighted by atomic mass is 16.5. The van der Waals surface area contributed by atoms with Gasteiger partial charge in [-0.1, -0.05) is 36.4 Å². The second kappa shape index (κ2) is 9.53. The molecule has 2 amide bonds. The fourth-order valence-corrected chi connectivity index (χ4v) is 5.05. The molecule has 0 bridgehead atoms. The van der Waals surface area contributed by atoms with Crippen molar-refractivity contribution in [1.29, 1.82) is 0 Å². The molecule has 3 aromatic carbocycles. The van der Waals surface area contributed by atoms with Gasteiger partial charge in [0.25, 0.3) is 0 Å². The largest absolute Gasteiger partial charge is 0.496 e. The highest BCUT2D eigenvalue weighted by Crippen LogP contribution is 2.41. The molecular weight excluding hydrogens is 452 g/mol. The van der Waals surface area contributed by atoms with E-state index in [-0.39, 0.29) is 11.8 Å². The number of allylic oxidation sites excluding steroid dienone is 1. The minimum atomic E-state index is -0.0579. The Morgan fingerprint density at radius 1 is 0.944 bits per heavy atom. The maximum absolute atomic E-state index is 13.1. The van der Waals surface area contributed by atoms with Gasteiger partial charge in [-0.25, -0.2) is 0 Å². The summed E-state index contributed by atoms with van der Waals surface area (Å²) in [5, 5.41) is 3.34. The lowest BCUT2D eigenvalue weighted by atomic mass is 9.95. The van der Waals surface area contributed by atoms with Crippen molar-refractivity contribution in [2.45, 2.75) is 20.8 Å². The summed E-state index contributed by atoms with van der Waals surface area (Å²) >= 11 is 0. The van der Waals surface area contributed by atoms with Gasteiger partial charge >= 0.3 is 0 Å². The Bertz CT molecular complexity index is 1510. The summed E-state index contributed by atoms with van der Waals surface area (Å²) in [7, 11) is 1.64. The molecule has 0 saturated carbocycles. The molecule has 1 aliphatic rings. The van der Waals surface area contributed by atoms with Gasteiger partial charge in [-0.3, -0.25) is 9.59 Å². The molecule has 2 heterocycles. The Balaban J connectivity index is 1.52. The van der Waals surface area contributed by atoms with Crippen molar-refractivity contribution in [3.63, 3.8) is 0 Å². The standard InChI is InChI=1S/C30H30N2O4/c1-19(15-28(34)32-13-11-31(12-14-32)21(3)33)25-17-26-27(18-36-30(26)20(2)29(25)35-4)24-10-9-22-7-5-6-8-23(22)16-24/h5-10,15-18H,11-14H2,1-4H3/b19-15+. The number of hydrogen-bond donors (Lipinski definition) is 0. The molecule has 0 unspecified atom stereocenters. The van der Waals surface area contributed by atoms with Crippen LogP contribution in [0.25, 0.3) is 38.4 Å². The first-order valence-corrected chi connectivity index (χ1v) is 12.2. The van der Waals surface area contributed by atoms with Gasteiger partial charge in [0.1, 0.15) is 11.3 Å². The van der Waals surface area contributed by atoms with Gasteiger partial charge < -0.3 is 19.0 Å². The number of furan rings is 1. The first kappa shape index (κ1) is 23.7. The van der Waals surface area contributed by atoms with Gasteiger partial charge in [0.15, 0.2) is 0 Å². The van der Waals surface area contributed by atoms with Gasteiger partial charge in [-0.15, -0.1) is 0 Å². The summed E-state index contributed by atoms with van der Waals surface area (Å²) in [5.74, 6) is 0.687. The van der Waals surface area contributed by atoms with E-state index in [2.05, 4.69) is 36.4 Å². The van der Waals surface area contributed by atoms with Crippen molar-refractivity contribution < 1.29 is 18.7 Å². The highest BCUT2D eigenvalue weighted by Gasteiger charge is 2.23. The van der Waals surface area contributed by atoms with E-state index in [4.69, 9.17) is 9.15 Å². The van der Waals surface area contributed by atoms with Gasteiger partial charge in [-0.2, -0.15) is 0 Å². The van der Waals surface area contributed by atoms with E-state index in [1.165, 1.54) is 10.8 Å². The third-order valence-electron chi connectivity index (χ3n) is 7.11. The predicted molar refractivity (Wildman–Crippen MR) is 143 cm³/mol. The molecule has 0 radical (unpaired) electrons. The monoisotopic (exact) mass is 482 g/mol. The molecule has 0 atom stereocenters. The van der Waals surface area contributed by atoms with Gasteiger partial charge in [0.2, 0.25) is 11.8 Å². The molecule has 5 rings (SSSR count). The van der Waals surface area contributed by atoms with E-state index >= 15 is 0 Å². The lowest BCUT2D eigenvalue weighted by Gasteiger charge is -2.33. The van der Waals surface area contributed by atoms with Crippen molar-refractivity contribution in [3.05, 3.63) is 72.0 Å². The lowest BCUT2D eigenvalue weighted by Crippen LogP contribution is -2.49. The fraction of sp³-hybridized carbons (Fsp3) is 0.267. The summed E-state index contributed by atoms with van der Waals surface area (Å²) in [4.78, 5) is 28.2. The molecule has 4 aromatic rings. The van der Waals surface area contributed by atoms with Crippen LogP contribution in [0.3, 0.4) is 0 Å². The minimum absolute atomic E-state index is 0.0460. The summed E-state index contributed by atoms with van der Waals surface area (Å²) in [6.45, 7) is 7.67. The SMILES string of the molecule is COc1c(/C(C)=C/C(=O)N2CCN(C(C)=O)CC2)cc2c(-c3ccc4ccccc4c3)coc2c1C. The van der Waals surface area contributed by atoms with E-state index < -0.39 is 0 Å². The fourth-order valence-electron chi connectivity index (χ4n) is 5.05. The zero-order valence-corrected chi connectivity index (χ0v) is 21.1. The molecular formula is C30H30N2O4. The number of hydrogen-bond acceptors (Lipinski definition) is 4. The van der Waals surface area contributed by atoms with E-state index in [0.29, 0.717) is 31.9 Å².